The monoisotopic (exact) mass is 268 g/mol. The van der Waals surface area contributed by atoms with Gasteiger partial charge >= 0.3 is 19.5 Å². The molecular formula is C6H8ClN3O5P+. The minimum absolute atomic E-state index is 0.165. The lowest BCUT2D eigenvalue weighted by Gasteiger charge is -2.22. The van der Waals surface area contributed by atoms with Crippen LogP contribution in [-0.2, 0) is 14.0 Å². The fourth-order valence-corrected chi connectivity index (χ4v) is 2.55. The number of rotatable bonds is 3. The lowest BCUT2D eigenvalue weighted by atomic mass is 10.7. The number of hydrogen-bond donors (Lipinski definition) is 0. The first-order valence-corrected chi connectivity index (χ1v) is 6.54. The van der Waals surface area contributed by atoms with Crippen LogP contribution >= 0.6 is 18.5 Å². The van der Waals surface area contributed by atoms with Crippen molar-refractivity contribution < 1.29 is 23.6 Å². The number of amides is 2. The van der Waals surface area contributed by atoms with E-state index in [1.165, 1.54) is 0 Å². The zero-order chi connectivity index (χ0) is 11.7. The van der Waals surface area contributed by atoms with E-state index in [0.717, 1.165) is 14.9 Å². The molecular weight excluding hydrogens is 261 g/mol. The van der Waals surface area contributed by atoms with Crippen LogP contribution in [0.5, 0.6) is 0 Å². The average Bonchev–Trinajstić information content (AvgIpc) is 2.79. The van der Waals surface area contributed by atoms with E-state index >= 15 is 0 Å². The Labute approximate surface area is 96.2 Å². The molecule has 2 amide bonds. The van der Waals surface area contributed by atoms with Gasteiger partial charge in [0.05, 0.1) is 13.1 Å². The number of carbonyl (C=O) groups excluding carboxylic acids is 2. The van der Waals surface area contributed by atoms with Gasteiger partial charge in [0.15, 0.2) is 0 Å². The highest BCUT2D eigenvalue weighted by Gasteiger charge is 2.48. The summed E-state index contributed by atoms with van der Waals surface area (Å²) in [4.78, 5) is 23.4. The van der Waals surface area contributed by atoms with Gasteiger partial charge in [0, 0.05) is 0 Å². The van der Waals surface area contributed by atoms with Gasteiger partial charge in [-0.1, -0.05) is 0 Å². The fourth-order valence-electron chi connectivity index (χ4n) is 1.40. The number of nitrogens with zero attached hydrogens (tertiary/aromatic N) is 3. The Hall–Kier alpha value is -1.11. The molecule has 0 aromatic heterocycles. The summed E-state index contributed by atoms with van der Waals surface area (Å²) in [6.45, 7) is 0.712. The second-order valence-corrected chi connectivity index (χ2v) is 4.65. The van der Waals surface area contributed by atoms with Crippen molar-refractivity contribution in [2.24, 2.45) is 0 Å². The molecule has 8 nitrogen and oxygen atoms in total. The van der Waals surface area contributed by atoms with E-state index in [4.69, 9.17) is 11.2 Å². The molecule has 2 fully saturated rings. The summed E-state index contributed by atoms with van der Waals surface area (Å²) in [6, 6.07) is 0. The van der Waals surface area contributed by atoms with E-state index < -0.39 is 19.5 Å². The van der Waals surface area contributed by atoms with Gasteiger partial charge in [-0.2, -0.15) is 10.0 Å². The summed E-state index contributed by atoms with van der Waals surface area (Å²) in [7, 11) is -2.43. The minimum atomic E-state index is -2.43. The third-order valence-electron chi connectivity index (χ3n) is 2.05. The second kappa shape index (κ2) is 4.40. The molecule has 0 aromatic carbocycles. The Bertz CT molecular complexity index is 327. The topological polar surface area (TPSA) is 79.4 Å². The fraction of sp³-hybridized carbons (Fsp3) is 0.667. The normalized spacial score (nSPS) is 21.5. The third kappa shape index (κ3) is 1.91. The first-order chi connectivity index (χ1) is 7.61. The Morgan fingerprint density at radius 3 is 1.81 bits per heavy atom. The van der Waals surface area contributed by atoms with Crippen LogP contribution in [0, 0.1) is 0 Å². The molecule has 2 aliphatic rings. The molecule has 2 rings (SSSR count). The molecule has 0 aromatic rings. The Morgan fingerprint density at radius 1 is 1.12 bits per heavy atom. The summed E-state index contributed by atoms with van der Waals surface area (Å²) in [5.41, 5.74) is 0. The lowest BCUT2D eigenvalue weighted by Crippen LogP contribution is -2.49. The molecule has 0 radical (unpaired) electrons. The Morgan fingerprint density at radius 2 is 1.56 bits per heavy atom. The van der Waals surface area contributed by atoms with Crippen molar-refractivity contribution in [1.29, 1.82) is 0 Å². The van der Waals surface area contributed by atoms with Crippen LogP contribution in [0.15, 0.2) is 0 Å². The molecule has 2 aliphatic heterocycles. The van der Waals surface area contributed by atoms with Crippen LogP contribution in [0.1, 0.15) is 0 Å². The van der Waals surface area contributed by atoms with Gasteiger partial charge in [-0.25, -0.2) is 9.59 Å². The molecule has 16 heavy (non-hydrogen) atoms. The van der Waals surface area contributed by atoms with Gasteiger partial charge in [0.1, 0.15) is 18.1 Å². The summed E-state index contributed by atoms with van der Waals surface area (Å²) in [6.07, 6.45) is -1.38. The lowest BCUT2D eigenvalue weighted by molar-refractivity contribution is -0.0311. The maximum absolute atomic E-state index is 11.3. The van der Waals surface area contributed by atoms with Crippen molar-refractivity contribution >= 4 is 30.7 Å². The summed E-state index contributed by atoms with van der Waals surface area (Å²) >= 11 is 5.47. The third-order valence-corrected chi connectivity index (χ3v) is 3.17. The number of hydrogen-bond acceptors (Lipinski definition) is 5. The molecule has 1 atom stereocenters. The molecule has 0 saturated carbocycles. The predicted octanol–water partition coefficient (Wildman–Crippen LogP) is 0.919. The van der Waals surface area contributed by atoms with Crippen LogP contribution < -0.4 is 0 Å². The standard InChI is InChI=1S/C6H8ClN3O5P/c7-16(13)10(8-1-3-14-5(8)11)9-2-4-15-6(9)12/h1-4H2/q+1. The van der Waals surface area contributed by atoms with Crippen molar-refractivity contribution in [2.75, 3.05) is 26.3 Å². The molecule has 1 unspecified atom stereocenters. The summed E-state index contributed by atoms with van der Waals surface area (Å²) < 4.78 is 20.7. The Balaban J connectivity index is 2.19. The van der Waals surface area contributed by atoms with Gasteiger partial charge in [0.2, 0.25) is 11.2 Å². The van der Waals surface area contributed by atoms with Crippen LogP contribution in [0.3, 0.4) is 0 Å². The average molecular weight is 269 g/mol. The first-order valence-electron chi connectivity index (χ1n) is 4.43. The molecule has 0 N–H and O–H groups in total. The van der Waals surface area contributed by atoms with E-state index in [9.17, 15) is 14.2 Å². The number of halogens is 1. The molecule has 88 valence electrons. The van der Waals surface area contributed by atoms with Gasteiger partial charge in [-0.3, -0.25) is 0 Å². The van der Waals surface area contributed by atoms with Gasteiger partial charge in [-0.15, -0.1) is 0 Å². The van der Waals surface area contributed by atoms with Crippen LogP contribution in [0.2, 0.25) is 0 Å². The second-order valence-electron chi connectivity index (χ2n) is 2.97. The maximum atomic E-state index is 11.3. The largest absolute Gasteiger partial charge is 0.598 e. The van der Waals surface area contributed by atoms with E-state index in [0.29, 0.717) is 0 Å². The summed E-state index contributed by atoms with van der Waals surface area (Å²) in [5.74, 6) is 0. The van der Waals surface area contributed by atoms with Gasteiger partial charge < -0.3 is 9.47 Å². The quantitative estimate of drug-likeness (QED) is 0.708. The molecule has 10 heteroatoms. The maximum Gasteiger partial charge on any atom is 0.598 e. The van der Waals surface area contributed by atoms with Gasteiger partial charge in [-0.05, 0) is 4.57 Å². The highest BCUT2D eigenvalue weighted by molar-refractivity contribution is 7.71. The SMILES string of the molecule is O=C1OCCN1N(N1CCOC1=O)[P+](=O)Cl. The highest BCUT2D eigenvalue weighted by Crippen LogP contribution is 2.37. The van der Waals surface area contributed by atoms with E-state index in [1.807, 2.05) is 0 Å². The smallest absolute Gasteiger partial charge is 0.446 e. The van der Waals surface area contributed by atoms with Crippen molar-refractivity contribution in [2.45, 2.75) is 0 Å². The molecule has 0 bridgehead atoms. The van der Waals surface area contributed by atoms with Crippen LogP contribution in [0.4, 0.5) is 9.59 Å². The number of ether oxygens (including phenoxy) is 2. The van der Waals surface area contributed by atoms with Crippen molar-refractivity contribution in [3.8, 4) is 0 Å². The molecule has 2 heterocycles. The summed E-state index contributed by atoms with van der Waals surface area (Å²) in [5, 5.41) is 2.02. The first kappa shape index (κ1) is 11.4. The van der Waals surface area contributed by atoms with Gasteiger partial charge in [0.25, 0.3) is 0 Å². The minimum Gasteiger partial charge on any atom is -0.446 e. The van der Waals surface area contributed by atoms with E-state index in [1.54, 1.807) is 0 Å². The van der Waals surface area contributed by atoms with Crippen LogP contribution in [-0.4, -0.2) is 53.4 Å². The van der Waals surface area contributed by atoms with E-state index in [-0.39, 0.29) is 26.3 Å². The van der Waals surface area contributed by atoms with Crippen molar-refractivity contribution in [3.05, 3.63) is 0 Å². The molecule has 2 saturated heterocycles. The number of hydrazine groups is 2. The molecule has 0 aliphatic carbocycles. The highest BCUT2D eigenvalue weighted by atomic mass is 35.7. The van der Waals surface area contributed by atoms with Crippen LogP contribution in [0.25, 0.3) is 0 Å². The number of carbonyl (C=O) groups is 2. The predicted molar refractivity (Wildman–Crippen MR) is 51.4 cm³/mol. The Kier molecular flexibility index (Phi) is 3.13. The zero-order valence-corrected chi connectivity index (χ0v) is 9.69. The zero-order valence-electron chi connectivity index (χ0n) is 8.04. The van der Waals surface area contributed by atoms with Crippen molar-refractivity contribution in [3.63, 3.8) is 0 Å². The van der Waals surface area contributed by atoms with Crippen molar-refractivity contribution in [1.82, 2.24) is 14.9 Å². The number of cyclic esters (lactones) is 2. The molecule has 0 spiro atoms. The van der Waals surface area contributed by atoms with E-state index in [2.05, 4.69) is 9.47 Å².